The van der Waals surface area contributed by atoms with Crippen molar-refractivity contribution >= 4 is 11.0 Å². The van der Waals surface area contributed by atoms with Gasteiger partial charge in [0.15, 0.2) is 0 Å². The fourth-order valence-corrected chi connectivity index (χ4v) is 3.67. The zero-order valence-electron chi connectivity index (χ0n) is 15.9. The van der Waals surface area contributed by atoms with E-state index >= 15 is 0 Å². The molecule has 0 N–H and O–H groups in total. The highest BCUT2D eigenvalue weighted by molar-refractivity contribution is 5.85. The molecule has 0 radical (unpaired) electrons. The Hall–Kier alpha value is -3.51. The van der Waals surface area contributed by atoms with Crippen LogP contribution >= 0.6 is 0 Å². The average molecular weight is 389 g/mol. The van der Waals surface area contributed by atoms with Crippen LogP contribution in [0.5, 0.6) is 11.5 Å². The molecule has 0 saturated heterocycles. The van der Waals surface area contributed by atoms with Gasteiger partial charge in [-0.2, -0.15) is 0 Å². The number of hydrogen-bond donors (Lipinski definition) is 0. The minimum absolute atomic E-state index is 0.0637. The predicted octanol–water partition coefficient (Wildman–Crippen LogP) is 4.41. The summed E-state index contributed by atoms with van der Waals surface area (Å²) in [6.45, 7) is 1.79. The molecule has 0 unspecified atom stereocenters. The third-order valence-electron chi connectivity index (χ3n) is 5.17. The minimum Gasteiger partial charge on any atom is -0.497 e. The van der Waals surface area contributed by atoms with Crippen molar-refractivity contribution in [3.8, 4) is 22.6 Å². The summed E-state index contributed by atoms with van der Waals surface area (Å²) in [4.78, 5) is 15.3. The molecule has 3 heterocycles. The molecule has 6 nitrogen and oxygen atoms in total. The van der Waals surface area contributed by atoms with Crippen LogP contribution in [0, 0.1) is 0 Å². The van der Waals surface area contributed by atoms with Crippen molar-refractivity contribution in [1.82, 2.24) is 4.90 Å². The lowest BCUT2D eigenvalue weighted by Gasteiger charge is -2.28. The second-order valence-electron chi connectivity index (χ2n) is 7.02. The molecule has 4 aromatic rings. The van der Waals surface area contributed by atoms with Crippen molar-refractivity contribution < 1.29 is 18.3 Å². The summed E-state index contributed by atoms with van der Waals surface area (Å²) >= 11 is 0. The highest BCUT2D eigenvalue weighted by Gasteiger charge is 2.23. The minimum atomic E-state index is -0.0637. The van der Waals surface area contributed by atoms with Crippen LogP contribution in [0.3, 0.4) is 0 Å². The molecule has 0 aliphatic carbocycles. The summed E-state index contributed by atoms with van der Waals surface area (Å²) in [5.41, 5.74) is 3.77. The summed E-state index contributed by atoms with van der Waals surface area (Å²) < 4.78 is 22.2. The Morgan fingerprint density at radius 3 is 2.69 bits per heavy atom. The molecule has 1 aliphatic rings. The molecule has 0 amide bonds. The first-order valence-electron chi connectivity index (χ1n) is 9.31. The Balaban J connectivity index is 1.53. The average Bonchev–Trinajstić information content (AvgIpc) is 3.27. The van der Waals surface area contributed by atoms with Crippen molar-refractivity contribution in [3.63, 3.8) is 0 Å². The fourth-order valence-electron chi connectivity index (χ4n) is 3.67. The Kier molecular flexibility index (Phi) is 4.33. The molecule has 0 atom stereocenters. The van der Waals surface area contributed by atoms with E-state index in [9.17, 15) is 4.79 Å². The van der Waals surface area contributed by atoms with Crippen LogP contribution in [-0.4, -0.2) is 18.7 Å². The van der Waals surface area contributed by atoms with Crippen LogP contribution in [0.4, 0.5) is 0 Å². The number of furan rings is 1. The number of methoxy groups -OCH3 is 1. The van der Waals surface area contributed by atoms with Gasteiger partial charge in [-0.05, 0) is 35.9 Å². The van der Waals surface area contributed by atoms with E-state index < -0.39 is 0 Å². The molecule has 0 spiro atoms. The fraction of sp³-hybridized carbons (Fsp3) is 0.174. The van der Waals surface area contributed by atoms with Crippen molar-refractivity contribution in [2.24, 2.45) is 0 Å². The Bertz CT molecular complexity index is 1210. The van der Waals surface area contributed by atoms with Gasteiger partial charge in [0.1, 0.15) is 30.1 Å². The highest BCUT2D eigenvalue weighted by Crippen LogP contribution is 2.33. The molecule has 5 rings (SSSR count). The lowest BCUT2D eigenvalue weighted by molar-refractivity contribution is 0.0888. The van der Waals surface area contributed by atoms with Crippen LogP contribution in [0.25, 0.3) is 22.1 Å². The van der Waals surface area contributed by atoms with E-state index in [2.05, 4.69) is 4.90 Å². The standard InChI is InChI=1S/C23H19NO5/c1-26-17-4-2-16(3-5-17)20-13-28-23-18(22(20)25)6-7-21-19(23)11-24(14-29-21)10-15-8-9-27-12-15/h2-9,12-13H,10-11,14H2,1H3. The van der Waals surface area contributed by atoms with Crippen LogP contribution in [0.2, 0.25) is 0 Å². The molecule has 2 aromatic carbocycles. The quantitative estimate of drug-likeness (QED) is 0.515. The molecular formula is C23H19NO5. The molecule has 2 aromatic heterocycles. The van der Waals surface area contributed by atoms with Crippen molar-refractivity contribution in [2.45, 2.75) is 13.1 Å². The van der Waals surface area contributed by atoms with Gasteiger partial charge in [0.25, 0.3) is 0 Å². The lowest BCUT2D eigenvalue weighted by atomic mass is 10.0. The summed E-state index contributed by atoms with van der Waals surface area (Å²) in [5.74, 6) is 1.49. The molecule has 0 fully saturated rings. The van der Waals surface area contributed by atoms with Crippen LogP contribution in [0.15, 0.2) is 74.9 Å². The second-order valence-corrected chi connectivity index (χ2v) is 7.02. The Morgan fingerprint density at radius 2 is 1.93 bits per heavy atom. The molecule has 0 saturated carbocycles. The normalized spacial score (nSPS) is 13.8. The monoisotopic (exact) mass is 389 g/mol. The smallest absolute Gasteiger partial charge is 0.200 e. The van der Waals surface area contributed by atoms with Gasteiger partial charge in [-0.15, -0.1) is 0 Å². The van der Waals surface area contributed by atoms with E-state index in [4.69, 9.17) is 18.3 Å². The molecular weight excluding hydrogens is 370 g/mol. The van der Waals surface area contributed by atoms with Crippen LogP contribution < -0.4 is 14.9 Å². The maximum atomic E-state index is 13.1. The number of hydrogen-bond acceptors (Lipinski definition) is 6. The number of rotatable bonds is 4. The summed E-state index contributed by atoms with van der Waals surface area (Å²) in [6.07, 6.45) is 4.91. The highest BCUT2D eigenvalue weighted by atomic mass is 16.5. The molecule has 146 valence electrons. The number of fused-ring (bicyclic) bond motifs is 3. The zero-order valence-corrected chi connectivity index (χ0v) is 15.9. The largest absolute Gasteiger partial charge is 0.497 e. The van der Waals surface area contributed by atoms with E-state index in [1.807, 2.05) is 36.4 Å². The van der Waals surface area contributed by atoms with Crippen molar-refractivity contribution in [1.29, 1.82) is 0 Å². The van der Waals surface area contributed by atoms with Crippen molar-refractivity contribution in [2.75, 3.05) is 13.8 Å². The topological polar surface area (TPSA) is 65.1 Å². The lowest BCUT2D eigenvalue weighted by Crippen LogP contribution is -2.31. The van der Waals surface area contributed by atoms with Gasteiger partial charge < -0.3 is 18.3 Å². The first kappa shape index (κ1) is 17.6. The predicted molar refractivity (Wildman–Crippen MR) is 108 cm³/mol. The summed E-state index contributed by atoms with van der Waals surface area (Å²) in [6, 6.07) is 12.9. The SMILES string of the molecule is COc1ccc(-c2coc3c4c(ccc3c2=O)OCN(Cc2ccoc2)C4)cc1. The van der Waals surface area contributed by atoms with E-state index in [0.717, 1.165) is 28.2 Å². The Labute approximate surface area is 166 Å². The molecule has 29 heavy (non-hydrogen) atoms. The Morgan fingerprint density at radius 1 is 1.07 bits per heavy atom. The van der Waals surface area contributed by atoms with Gasteiger partial charge in [0, 0.05) is 18.7 Å². The van der Waals surface area contributed by atoms with E-state index in [-0.39, 0.29) is 5.43 Å². The van der Waals surface area contributed by atoms with Gasteiger partial charge >= 0.3 is 0 Å². The van der Waals surface area contributed by atoms with E-state index in [0.29, 0.717) is 36.4 Å². The van der Waals surface area contributed by atoms with Crippen LogP contribution in [0.1, 0.15) is 11.1 Å². The maximum Gasteiger partial charge on any atom is 0.200 e. The number of ether oxygens (including phenoxy) is 2. The molecule has 6 heteroatoms. The molecule has 0 bridgehead atoms. The third kappa shape index (κ3) is 3.17. The van der Waals surface area contributed by atoms with Gasteiger partial charge in [-0.1, -0.05) is 12.1 Å². The molecule has 1 aliphatic heterocycles. The number of benzene rings is 2. The van der Waals surface area contributed by atoms with Crippen molar-refractivity contribution in [3.05, 3.63) is 82.6 Å². The van der Waals surface area contributed by atoms with E-state index in [1.165, 1.54) is 6.26 Å². The van der Waals surface area contributed by atoms with Gasteiger partial charge in [0.05, 0.1) is 36.1 Å². The van der Waals surface area contributed by atoms with Crippen LogP contribution in [-0.2, 0) is 13.1 Å². The third-order valence-corrected chi connectivity index (χ3v) is 5.17. The van der Waals surface area contributed by atoms with Gasteiger partial charge in [-0.25, -0.2) is 0 Å². The first-order chi connectivity index (χ1) is 14.2. The number of nitrogens with zero attached hydrogens (tertiary/aromatic N) is 1. The van der Waals surface area contributed by atoms with E-state index in [1.54, 1.807) is 25.7 Å². The summed E-state index contributed by atoms with van der Waals surface area (Å²) in [5, 5.41) is 0.547. The zero-order chi connectivity index (χ0) is 19.8. The maximum absolute atomic E-state index is 13.1. The summed E-state index contributed by atoms with van der Waals surface area (Å²) in [7, 11) is 1.61. The van der Waals surface area contributed by atoms with Gasteiger partial charge in [0.2, 0.25) is 5.43 Å². The second kappa shape index (κ2) is 7.14. The van der Waals surface area contributed by atoms with Gasteiger partial charge in [-0.3, -0.25) is 9.69 Å². The first-order valence-corrected chi connectivity index (χ1v) is 9.31.